The van der Waals surface area contributed by atoms with Crippen LogP contribution in [0, 0.1) is 25.5 Å². The molecule has 0 aliphatic carbocycles. The van der Waals surface area contributed by atoms with Gasteiger partial charge in [0.05, 0.1) is 23.6 Å². The van der Waals surface area contributed by atoms with E-state index in [9.17, 15) is 13.6 Å². The lowest BCUT2D eigenvalue weighted by molar-refractivity contribution is 0.101. The predicted octanol–water partition coefficient (Wildman–Crippen LogP) is 4.73. The van der Waals surface area contributed by atoms with Crippen molar-refractivity contribution in [1.82, 2.24) is 9.78 Å². The van der Waals surface area contributed by atoms with Crippen LogP contribution in [0.5, 0.6) is 0 Å². The molecule has 0 aliphatic rings. The lowest BCUT2D eigenvalue weighted by Crippen LogP contribution is -2.17. The van der Waals surface area contributed by atoms with Gasteiger partial charge in [-0.05, 0) is 43.7 Å². The highest BCUT2D eigenvalue weighted by molar-refractivity contribution is 6.30. The first-order chi connectivity index (χ1) is 12.4. The van der Waals surface area contributed by atoms with Crippen LogP contribution in [0.25, 0.3) is 0 Å². The third-order valence-electron chi connectivity index (χ3n) is 4.06. The maximum Gasteiger partial charge on any atom is 0.261 e. The molecule has 3 aromatic rings. The van der Waals surface area contributed by atoms with Crippen molar-refractivity contribution in [3.63, 3.8) is 0 Å². The minimum absolute atomic E-state index is 0.437. The number of aromatic nitrogens is 2. The zero-order valence-electron chi connectivity index (χ0n) is 14.2. The zero-order chi connectivity index (χ0) is 18.8. The monoisotopic (exact) mass is 375 g/mol. The van der Waals surface area contributed by atoms with Crippen molar-refractivity contribution in [3.05, 3.63) is 81.6 Å². The van der Waals surface area contributed by atoms with Crippen LogP contribution in [0.15, 0.2) is 42.5 Å². The first kappa shape index (κ1) is 18.1. The molecule has 134 valence electrons. The van der Waals surface area contributed by atoms with Crippen molar-refractivity contribution in [2.45, 2.75) is 20.4 Å². The Morgan fingerprint density at radius 2 is 1.73 bits per heavy atom. The molecular formula is C19H16ClF2N3O. The first-order valence-electron chi connectivity index (χ1n) is 7.90. The number of carbonyl (C=O) groups excluding carboxylic acids is 1. The predicted molar refractivity (Wildman–Crippen MR) is 96.6 cm³/mol. The Hall–Kier alpha value is -2.73. The number of amides is 1. The van der Waals surface area contributed by atoms with Crippen LogP contribution >= 0.6 is 11.6 Å². The molecule has 0 saturated carbocycles. The Labute approximate surface area is 154 Å². The van der Waals surface area contributed by atoms with Gasteiger partial charge in [-0.3, -0.25) is 9.48 Å². The molecule has 26 heavy (non-hydrogen) atoms. The summed E-state index contributed by atoms with van der Waals surface area (Å²) in [5, 5.41) is 7.61. The van der Waals surface area contributed by atoms with Crippen molar-refractivity contribution >= 4 is 23.2 Å². The van der Waals surface area contributed by atoms with Crippen LogP contribution in [0.2, 0.25) is 5.02 Å². The van der Waals surface area contributed by atoms with Crippen molar-refractivity contribution < 1.29 is 13.6 Å². The molecule has 0 atom stereocenters. The number of halogens is 3. The summed E-state index contributed by atoms with van der Waals surface area (Å²) >= 11 is 5.89. The largest absolute Gasteiger partial charge is 0.319 e. The Bertz CT molecular complexity index is 947. The third-order valence-corrected chi connectivity index (χ3v) is 4.31. The average molecular weight is 376 g/mol. The Morgan fingerprint density at radius 3 is 2.35 bits per heavy atom. The number of carbonyl (C=O) groups is 1. The average Bonchev–Trinajstić information content (AvgIpc) is 2.84. The van der Waals surface area contributed by atoms with E-state index in [-0.39, 0.29) is 0 Å². The van der Waals surface area contributed by atoms with E-state index in [1.807, 2.05) is 12.1 Å². The first-order valence-corrected chi connectivity index (χ1v) is 8.28. The summed E-state index contributed by atoms with van der Waals surface area (Å²) in [4.78, 5) is 12.3. The van der Waals surface area contributed by atoms with E-state index in [1.54, 1.807) is 30.7 Å². The molecule has 0 bridgehead atoms. The van der Waals surface area contributed by atoms with Crippen LogP contribution < -0.4 is 5.32 Å². The topological polar surface area (TPSA) is 46.9 Å². The van der Waals surface area contributed by atoms with Crippen molar-refractivity contribution in [3.8, 4) is 0 Å². The summed E-state index contributed by atoms with van der Waals surface area (Å²) in [5.74, 6) is -2.67. The van der Waals surface area contributed by atoms with Gasteiger partial charge in [-0.25, -0.2) is 8.78 Å². The number of hydrogen-bond donors (Lipinski definition) is 1. The second kappa shape index (κ2) is 7.25. The molecule has 3 rings (SSSR count). The van der Waals surface area contributed by atoms with E-state index in [2.05, 4.69) is 10.4 Å². The van der Waals surface area contributed by atoms with E-state index in [0.29, 0.717) is 28.6 Å². The van der Waals surface area contributed by atoms with E-state index in [1.165, 1.54) is 6.07 Å². The Morgan fingerprint density at radius 1 is 1.12 bits per heavy atom. The molecule has 7 heteroatoms. The quantitative estimate of drug-likeness (QED) is 0.716. The second-order valence-corrected chi connectivity index (χ2v) is 6.32. The van der Waals surface area contributed by atoms with Gasteiger partial charge >= 0.3 is 0 Å². The standard InChI is InChI=1S/C19H16ClF2N3O/c1-11-18(23-19(26)17-15(21)4-3-5-16(17)22)12(2)25(24-11)10-13-6-8-14(20)9-7-13/h3-9H,10H2,1-2H3,(H,23,26). The van der Waals surface area contributed by atoms with Gasteiger partial charge in [0.1, 0.15) is 17.2 Å². The fourth-order valence-corrected chi connectivity index (χ4v) is 2.81. The highest BCUT2D eigenvalue weighted by Crippen LogP contribution is 2.23. The number of benzene rings is 2. The lowest BCUT2D eigenvalue weighted by atomic mass is 10.1. The molecule has 1 N–H and O–H groups in total. The normalized spacial score (nSPS) is 10.8. The maximum absolute atomic E-state index is 13.8. The van der Waals surface area contributed by atoms with Gasteiger partial charge in [0, 0.05) is 5.02 Å². The number of hydrogen-bond acceptors (Lipinski definition) is 2. The molecule has 1 heterocycles. The van der Waals surface area contributed by atoms with E-state index >= 15 is 0 Å². The molecule has 4 nitrogen and oxygen atoms in total. The van der Waals surface area contributed by atoms with Gasteiger partial charge in [0.15, 0.2) is 0 Å². The number of aryl methyl sites for hydroxylation is 1. The summed E-state index contributed by atoms with van der Waals surface area (Å²) in [6, 6.07) is 10.6. The minimum atomic E-state index is -0.911. The molecule has 0 spiro atoms. The minimum Gasteiger partial charge on any atom is -0.319 e. The molecule has 0 radical (unpaired) electrons. The molecule has 2 aromatic carbocycles. The molecule has 0 aliphatic heterocycles. The van der Waals surface area contributed by atoms with Gasteiger partial charge in [-0.15, -0.1) is 0 Å². The summed E-state index contributed by atoms with van der Waals surface area (Å²) in [6.07, 6.45) is 0. The summed E-state index contributed by atoms with van der Waals surface area (Å²) in [5.41, 5.74) is 2.05. The number of anilines is 1. The highest BCUT2D eigenvalue weighted by atomic mass is 35.5. The van der Waals surface area contributed by atoms with E-state index in [0.717, 1.165) is 17.7 Å². The SMILES string of the molecule is Cc1nn(Cc2ccc(Cl)cc2)c(C)c1NC(=O)c1c(F)cccc1F. The van der Waals surface area contributed by atoms with Gasteiger partial charge in [0.2, 0.25) is 0 Å². The van der Waals surface area contributed by atoms with Crippen LogP contribution in [-0.4, -0.2) is 15.7 Å². The lowest BCUT2D eigenvalue weighted by Gasteiger charge is -2.08. The maximum atomic E-state index is 13.8. The van der Waals surface area contributed by atoms with Crippen molar-refractivity contribution in [2.24, 2.45) is 0 Å². The molecule has 1 aromatic heterocycles. The number of nitrogens with one attached hydrogen (secondary N) is 1. The number of rotatable bonds is 4. The van der Waals surface area contributed by atoms with Crippen LogP contribution in [-0.2, 0) is 6.54 Å². The molecule has 0 saturated heterocycles. The smallest absolute Gasteiger partial charge is 0.261 e. The van der Waals surface area contributed by atoms with Gasteiger partial charge in [0.25, 0.3) is 5.91 Å². The second-order valence-electron chi connectivity index (χ2n) is 5.88. The molecule has 0 unspecified atom stereocenters. The zero-order valence-corrected chi connectivity index (χ0v) is 14.9. The molecular weight excluding hydrogens is 360 g/mol. The van der Waals surface area contributed by atoms with Gasteiger partial charge in [-0.2, -0.15) is 5.10 Å². The van der Waals surface area contributed by atoms with Crippen LogP contribution in [0.3, 0.4) is 0 Å². The Balaban J connectivity index is 1.86. The molecule has 1 amide bonds. The fraction of sp³-hybridized carbons (Fsp3) is 0.158. The molecule has 0 fully saturated rings. The van der Waals surface area contributed by atoms with Crippen LogP contribution in [0.4, 0.5) is 14.5 Å². The van der Waals surface area contributed by atoms with Crippen molar-refractivity contribution in [2.75, 3.05) is 5.32 Å². The fourth-order valence-electron chi connectivity index (χ4n) is 2.69. The summed E-state index contributed by atoms with van der Waals surface area (Å²) in [7, 11) is 0. The van der Waals surface area contributed by atoms with Gasteiger partial charge < -0.3 is 5.32 Å². The van der Waals surface area contributed by atoms with E-state index in [4.69, 9.17) is 11.6 Å². The van der Waals surface area contributed by atoms with Crippen LogP contribution in [0.1, 0.15) is 27.3 Å². The third kappa shape index (κ3) is 3.60. The van der Waals surface area contributed by atoms with Gasteiger partial charge in [-0.1, -0.05) is 29.8 Å². The number of nitrogens with zero attached hydrogens (tertiary/aromatic N) is 2. The Kier molecular flexibility index (Phi) is 5.04. The summed E-state index contributed by atoms with van der Waals surface area (Å²) in [6.45, 7) is 3.98. The van der Waals surface area contributed by atoms with E-state index < -0.39 is 23.1 Å². The highest BCUT2D eigenvalue weighted by Gasteiger charge is 2.20. The summed E-state index contributed by atoms with van der Waals surface area (Å²) < 4.78 is 29.3. The van der Waals surface area contributed by atoms with Crippen molar-refractivity contribution in [1.29, 1.82) is 0 Å².